The van der Waals surface area contributed by atoms with Crippen molar-refractivity contribution in [2.45, 2.75) is 38.6 Å². The fourth-order valence-electron chi connectivity index (χ4n) is 3.48. The summed E-state index contributed by atoms with van der Waals surface area (Å²) in [6.45, 7) is 5.63. The normalized spacial score (nSPS) is 26.9. The van der Waals surface area contributed by atoms with Crippen molar-refractivity contribution >= 4 is 10.9 Å². The van der Waals surface area contributed by atoms with Gasteiger partial charge in [0.2, 0.25) is 0 Å². The maximum atomic E-state index is 4.61. The van der Waals surface area contributed by atoms with Crippen molar-refractivity contribution in [3.05, 3.63) is 42.1 Å². The summed E-state index contributed by atoms with van der Waals surface area (Å²) in [5.74, 6) is 1.35. The first-order valence-corrected chi connectivity index (χ1v) is 7.37. The van der Waals surface area contributed by atoms with Gasteiger partial charge >= 0.3 is 0 Å². The van der Waals surface area contributed by atoms with Crippen LogP contribution < -0.4 is 5.32 Å². The van der Waals surface area contributed by atoms with E-state index in [1.165, 1.54) is 23.8 Å². The number of aromatic nitrogens is 1. The third kappa shape index (κ3) is 2.37. The number of hydrogen-bond donors (Lipinski definition) is 1. The average molecular weight is 254 g/mol. The van der Waals surface area contributed by atoms with Crippen LogP contribution in [0.1, 0.15) is 38.2 Å². The molecule has 3 atom stereocenters. The van der Waals surface area contributed by atoms with E-state index >= 15 is 0 Å². The Balaban J connectivity index is 1.88. The van der Waals surface area contributed by atoms with Gasteiger partial charge in [-0.15, -0.1) is 0 Å². The lowest BCUT2D eigenvalue weighted by molar-refractivity contribution is 0.412. The predicted octanol–water partition coefficient (Wildman–Crippen LogP) is 3.73. The molecule has 0 amide bonds. The molecule has 19 heavy (non-hydrogen) atoms. The molecule has 100 valence electrons. The van der Waals surface area contributed by atoms with Crippen molar-refractivity contribution in [3.8, 4) is 0 Å². The zero-order valence-electron chi connectivity index (χ0n) is 11.8. The van der Waals surface area contributed by atoms with E-state index in [-0.39, 0.29) is 0 Å². The van der Waals surface area contributed by atoms with Crippen LogP contribution in [-0.2, 0) is 0 Å². The average Bonchev–Trinajstić information content (AvgIpc) is 2.80. The van der Waals surface area contributed by atoms with Gasteiger partial charge in [-0.25, -0.2) is 0 Å². The molecule has 1 saturated carbocycles. The Morgan fingerprint density at radius 3 is 2.95 bits per heavy atom. The third-order valence-corrected chi connectivity index (χ3v) is 4.56. The minimum Gasteiger partial charge on any atom is -0.314 e. The summed E-state index contributed by atoms with van der Waals surface area (Å²) >= 11 is 0. The van der Waals surface area contributed by atoms with Crippen LogP contribution in [-0.4, -0.2) is 17.6 Å². The second kappa shape index (κ2) is 5.30. The molecule has 2 nitrogen and oxygen atoms in total. The van der Waals surface area contributed by atoms with Crippen molar-refractivity contribution in [2.24, 2.45) is 5.92 Å². The van der Waals surface area contributed by atoms with Crippen LogP contribution in [0.4, 0.5) is 0 Å². The van der Waals surface area contributed by atoms with Crippen molar-refractivity contribution in [1.82, 2.24) is 10.3 Å². The summed E-state index contributed by atoms with van der Waals surface area (Å²) in [4.78, 5) is 4.61. The predicted molar refractivity (Wildman–Crippen MR) is 80.3 cm³/mol. The molecule has 3 rings (SSSR count). The molecular weight excluding hydrogens is 232 g/mol. The van der Waals surface area contributed by atoms with Crippen molar-refractivity contribution in [3.63, 3.8) is 0 Å². The summed E-state index contributed by atoms with van der Waals surface area (Å²) < 4.78 is 0. The lowest BCUT2D eigenvalue weighted by Crippen LogP contribution is -2.32. The van der Waals surface area contributed by atoms with Gasteiger partial charge in [0.05, 0.1) is 5.52 Å². The van der Waals surface area contributed by atoms with Gasteiger partial charge in [0.1, 0.15) is 0 Å². The highest BCUT2D eigenvalue weighted by Gasteiger charge is 2.33. The van der Waals surface area contributed by atoms with E-state index < -0.39 is 0 Å². The number of nitrogens with zero attached hydrogens (tertiary/aromatic N) is 1. The molecule has 0 radical (unpaired) electrons. The molecule has 3 unspecified atom stereocenters. The minimum atomic E-state index is 0.654. The number of benzene rings is 1. The first-order valence-electron chi connectivity index (χ1n) is 7.37. The van der Waals surface area contributed by atoms with Gasteiger partial charge in [-0.05, 0) is 48.9 Å². The fraction of sp³-hybridized carbons (Fsp3) is 0.471. The van der Waals surface area contributed by atoms with Crippen molar-refractivity contribution in [2.75, 3.05) is 6.54 Å². The lowest BCUT2D eigenvalue weighted by Gasteiger charge is -2.21. The van der Waals surface area contributed by atoms with Crippen LogP contribution in [0.3, 0.4) is 0 Å². The quantitative estimate of drug-likeness (QED) is 0.903. The Morgan fingerprint density at radius 2 is 2.11 bits per heavy atom. The van der Waals surface area contributed by atoms with Gasteiger partial charge < -0.3 is 5.32 Å². The highest BCUT2D eigenvalue weighted by atomic mass is 14.9. The van der Waals surface area contributed by atoms with E-state index in [2.05, 4.69) is 54.6 Å². The van der Waals surface area contributed by atoms with Crippen LogP contribution in [0.25, 0.3) is 10.9 Å². The number of pyridine rings is 1. The molecule has 1 fully saturated rings. The highest BCUT2D eigenvalue weighted by molar-refractivity contribution is 5.78. The molecule has 2 heteroatoms. The van der Waals surface area contributed by atoms with Crippen molar-refractivity contribution < 1.29 is 0 Å². The number of nitrogens with one attached hydrogen (secondary N) is 1. The Kier molecular flexibility index (Phi) is 3.52. The zero-order chi connectivity index (χ0) is 13.2. The molecule has 0 bridgehead atoms. The first-order chi connectivity index (χ1) is 9.29. The van der Waals surface area contributed by atoms with Crippen LogP contribution >= 0.6 is 0 Å². The van der Waals surface area contributed by atoms with E-state index in [1.54, 1.807) is 0 Å². The second-order valence-electron chi connectivity index (χ2n) is 5.67. The molecule has 1 N–H and O–H groups in total. The standard InChI is InChI=1S/C17H22N2/c1-3-18-16-9-8-15(12(16)2)14-10-13-6-4-5-7-17(13)19-11-14/h4-7,10-12,15-16,18H,3,8-9H2,1-2H3. The fourth-order valence-corrected chi connectivity index (χ4v) is 3.48. The van der Waals surface area contributed by atoms with Gasteiger partial charge in [0, 0.05) is 17.6 Å². The van der Waals surface area contributed by atoms with Crippen LogP contribution in [0.15, 0.2) is 36.5 Å². The molecule has 1 heterocycles. The Labute approximate surface area is 115 Å². The number of hydrogen-bond acceptors (Lipinski definition) is 2. The first kappa shape index (κ1) is 12.6. The topological polar surface area (TPSA) is 24.9 Å². The minimum absolute atomic E-state index is 0.654. The summed E-state index contributed by atoms with van der Waals surface area (Å²) in [5, 5.41) is 4.87. The molecular formula is C17H22N2. The summed E-state index contributed by atoms with van der Waals surface area (Å²) in [5.41, 5.74) is 2.51. The van der Waals surface area contributed by atoms with Gasteiger partial charge in [-0.1, -0.05) is 32.0 Å². The van der Waals surface area contributed by atoms with Crippen LogP contribution in [0.2, 0.25) is 0 Å². The third-order valence-electron chi connectivity index (χ3n) is 4.56. The molecule has 1 aliphatic carbocycles. The smallest absolute Gasteiger partial charge is 0.0702 e. The second-order valence-corrected chi connectivity index (χ2v) is 5.67. The van der Waals surface area contributed by atoms with Crippen LogP contribution in [0, 0.1) is 5.92 Å². The molecule has 1 aromatic carbocycles. The molecule has 0 aliphatic heterocycles. The highest BCUT2D eigenvalue weighted by Crippen LogP contribution is 2.39. The maximum absolute atomic E-state index is 4.61. The van der Waals surface area contributed by atoms with Crippen LogP contribution in [0.5, 0.6) is 0 Å². The van der Waals surface area contributed by atoms with Crippen molar-refractivity contribution in [1.29, 1.82) is 0 Å². The zero-order valence-corrected chi connectivity index (χ0v) is 11.8. The molecule has 0 saturated heterocycles. The molecule has 0 spiro atoms. The van der Waals surface area contributed by atoms with E-state index in [0.717, 1.165) is 12.1 Å². The molecule has 2 aromatic rings. The van der Waals surface area contributed by atoms with E-state index in [9.17, 15) is 0 Å². The van der Waals surface area contributed by atoms with Gasteiger partial charge in [0.25, 0.3) is 0 Å². The van der Waals surface area contributed by atoms with E-state index in [4.69, 9.17) is 0 Å². The van der Waals surface area contributed by atoms with E-state index in [0.29, 0.717) is 17.9 Å². The number of rotatable bonds is 3. The summed E-state index contributed by atoms with van der Waals surface area (Å²) in [7, 11) is 0. The van der Waals surface area contributed by atoms with Gasteiger partial charge in [-0.3, -0.25) is 4.98 Å². The Hall–Kier alpha value is -1.41. The largest absolute Gasteiger partial charge is 0.314 e. The summed E-state index contributed by atoms with van der Waals surface area (Å²) in [6.07, 6.45) is 4.64. The lowest BCUT2D eigenvalue weighted by atomic mass is 9.89. The van der Waals surface area contributed by atoms with Gasteiger partial charge in [0.15, 0.2) is 0 Å². The van der Waals surface area contributed by atoms with E-state index in [1.807, 2.05) is 6.07 Å². The molecule has 1 aromatic heterocycles. The number of fused-ring (bicyclic) bond motifs is 1. The maximum Gasteiger partial charge on any atom is 0.0702 e. The molecule has 1 aliphatic rings. The number of para-hydroxylation sites is 1. The Bertz CT molecular complexity index is 564. The SMILES string of the molecule is CCNC1CCC(c2cnc3ccccc3c2)C1C. The monoisotopic (exact) mass is 254 g/mol. The Morgan fingerprint density at radius 1 is 1.26 bits per heavy atom. The van der Waals surface area contributed by atoms with Gasteiger partial charge in [-0.2, -0.15) is 0 Å². The summed E-state index contributed by atoms with van der Waals surface area (Å²) in [6, 6.07) is 11.4.